The number of ether oxygens (including phenoxy) is 4. The summed E-state index contributed by atoms with van der Waals surface area (Å²) >= 11 is 0. The van der Waals surface area contributed by atoms with Crippen molar-refractivity contribution in [2.24, 2.45) is 0 Å². The smallest absolute Gasteiger partial charge is 0.244 e. The van der Waals surface area contributed by atoms with Crippen molar-refractivity contribution in [2.75, 3.05) is 27.6 Å². The minimum atomic E-state index is -0.262. The summed E-state index contributed by atoms with van der Waals surface area (Å²) in [4.78, 5) is 12.3. The zero-order valence-electron chi connectivity index (χ0n) is 16.6. The highest BCUT2D eigenvalue weighted by molar-refractivity contribution is 5.92. The molecule has 28 heavy (non-hydrogen) atoms. The Morgan fingerprint density at radius 3 is 2.64 bits per heavy atom. The molecule has 0 aliphatic carbocycles. The van der Waals surface area contributed by atoms with Crippen molar-refractivity contribution in [3.8, 4) is 23.0 Å². The molecule has 1 aliphatic heterocycles. The fraction of sp³-hybridized carbons (Fsp3) is 0.318. The Kier molecular flexibility index (Phi) is 5.78. The minimum absolute atomic E-state index is 0.174. The molecule has 0 fully saturated rings. The van der Waals surface area contributed by atoms with Crippen LogP contribution in [0, 0.1) is 0 Å². The summed E-state index contributed by atoms with van der Waals surface area (Å²) in [5, 5.41) is 2.96. The summed E-state index contributed by atoms with van der Waals surface area (Å²) in [6.45, 7) is 4.87. The van der Waals surface area contributed by atoms with Crippen molar-refractivity contribution >= 4 is 12.0 Å². The molecular formula is C22H25NO5. The molecule has 6 nitrogen and oxygen atoms in total. The summed E-state index contributed by atoms with van der Waals surface area (Å²) in [7, 11) is 3.18. The second kappa shape index (κ2) is 8.25. The Balaban J connectivity index is 1.62. The van der Waals surface area contributed by atoms with E-state index < -0.39 is 0 Å². The molecule has 0 spiro atoms. The van der Waals surface area contributed by atoms with Crippen molar-refractivity contribution < 1.29 is 23.7 Å². The van der Waals surface area contributed by atoms with E-state index in [0.717, 1.165) is 22.6 Å². The van der Waals surface area contributed by atoms with Gasteiger partial charge in [0.25, 0.3) is 0 Å². The van der Waals surface area contributed by atoms with Crippen LogP contribution in [0.4, 0.5) is 0 Å². The van der Waals surface area contributed by atoms with Gasteiger partial charge in [-0.3, -0.25) is 4.79 Å². The quantitative estimate of drug-likeness (QED) is 0.741. The van der Waals surface area contributed by atoms with Gasteiger partial charge in [0.05, 0.1) is 14.2 Å². The number of methoxy groups -OCH3 is 2. The van der Waals surface area contributed by atoms with Crippen molar-refractivity contribution in [1.82, 2.24) is 5.32 Å². The lowest BCUT2D eigenvalue weighted by Gasteiger charge is -2.25. The summed E-state index contributed by atoms with van der Waals surface area (Å²) in [6, 6.07) is 11.3. The van der Waals surface area contributed by atoms with Gasteiger partial charge in [-0.2, -0.15) is 0 Å². The third-order valence-corrected chi connectivity index (χ3v) is 4.71. The monoisotopic (exact) mass is 383 g/mol. The van der Waals surface area contributed by atoms with Crippen LogP contribution < -0.4 is 24.3 Å². The lowest BCUT2D eigenvalue weighted by molar-refractivity contribution is -0.116. The van der Waals surface area contributed by atoms with Gasteiger partial charge in [-0.1, -0.05) is 19.9 Å². The van der Waals surface area contributed by atoms with Gasteiger partial charge in [0.1, 0.15) is 11.5 Å². The number of hydrogen-bond acceptors (Lipinski definition) is 5. The third kappa shape index (κ3) is 4.39. The van der Waals surface area contributed by atoms with E-state index in [9.17, 15) is 4.79 Å². The maximum absolute atomic E-state index is 12.3. The van der Waals surface area contributed by atoms with Crippen LogP contribution in [-0.2, 0) is 10.2 Å². The first kappa shape index (κ1) is 19.6. The molecule has 2 aromatic carbocycles. The summed E-state index contributed by atoms with van der Waals surface area (Å²) < 4.78 is 21.3. The number of fused-ring (bicyclic) bond motifs is 1. The molecule has 0 aromatic heterocycles. The Labute approximate surface area is 165 Å². The zero-order chi connectivity index (χ0) is 20.1. The van der Waals surface area contributed by atoms with Gasteiger partial charge in [-0.25, -0.2) is 0 Å². The second-order valence-electron chi connectivity index (χ2n) is 7.11. The first-order valence-corrected chi connectivity index (χ1v) is 9.01. The molecule has 1 amide bonds. The second-order valence-corrected chi connectivity index (χ2v) is 7.11. The molecule has 1 N–H and O–H groups in total. The first-order chi connectivity index (χ1) is 13.4. The fourth-order valence-electron chi connectivity index (χ4n) is 2.91. The number of carbonyl (C=O) groups excluding carboxylic acids is 1. The highest BCUT2D eigenvalue weighted by Gasteiger charge is 2.24. The molecule has 0 unspecified atom stereocenters. The molecule has 0 radical (unpaired) electrons. The van der Waals surface area contributed by atoms with Crippen LogP contribution in [0.5, 0.6) is 23.0 Å². The Morgan fingerprint density at radius 2 is 1.89 bits per heavy atom. The molecule has 6 heteroatoms. The third-order valence-electron chi connectivity index (χ3n) is 4.71. The summed E-state index contributed by atoms with van der Waals surface area (Å²) in [5.41, 5.74) is 1.61. The normalized spacial score (nSPS) is 12.9. The number of nitrogens with one attached hydrogen (secondary N) is 1. The maximum Gasteiger partial charge on any atom is 0.244 e. The van der Waals surface area contributed by atoms with E-state index in [-0.39, 0.29) is 18.1 Å². The van der Waals surface area contributed by atoms with Crippen molar-refractivity contribution in [1.29, 1.82) is 0 Å². The molecule has 0 bridgehead atoms. The van der Waals surface area contributed by atoms with Crippen molar-refractivity contribution in [3.05, 3.63) is 53.6 Å². The van der Waals surface area contributed by atoms with E-state index in [1.807, 2.05) is 30.3 Å². The predicted molar refractivity (Wildman–Crippen MR) is 107 cm³/mol. The van der Waals surface area contributed by atoms with E-state index >= 15 is 0 Å². The lowest BCUT2D eigenvalue weighted by Crippen LogP contribution is -2.35. The molecule has 0 saturated carbocycles. The molecule has 3 rings (SSSR count). The molecule has 0 atom stereocenters. The highest BCUT2D eigenvalue weighted by atomic mass is 16.7. The summed E-state index contributed by atoms with van der Waals surface area (Å²) in [5.74, 6) is 2.66. The van der Waals surface area contributed by atoms with Crippen LogP contribution in [0.15, 0.2) is 42.5 Å². The Hall–Kier alpha value is -3.15. The van der Waals surface area contributed by atoms with Crippen LogP contribution in [0.2, 0.25) is 0 Å². The van der Waals surface area contributed by atoms with Crippen LogP contribution >= 0.6 is 0 Å². The van der Waals surface area contributed by atoms with Crippen LogP contribution in [-0.4, -0.2) is 33.5 Å². The van der Waals surface area contributed by atoms with E-state index in [1.54, 1.807) is 26.4 Å². The topological polar surface area (TPSA) is 66.0 Å². The van der Waals surface area contributed by atoms with Gasteiger partial charge in [-0.15, -0.1) is 0 Å². The number of hydrogen-bond donors (Lipinski definition) is 1. The average molecular weight is 383 g/mol. The number of benzene rings is 2. The van der Waals surface area contributed by atoms with Gasteiger partial charge in [0.2, 0.25) is 12.7 Å². The lowest BCUT2D eigenvalue weighted by atomic mass is 9.84. The largest absolute Gasteiger partial charge is 0.497 e. The fourth-order valence-corrected chi connectivity index (χ4v) is 2.91. The SMILES string of the molecule is COc1ccc(/C=C/C(=O)NCC(C)(C)c2ccc3c(c2)OCO3)c(OC)c1. The number of rotatable bonds is 7. The standard InChI is InChI=1S/C22H25NO5/c1-22(2,16-7-9-18-20(11-16)28-14-27-18)13-23-21(24)10-6-15-5-8-17(25-3)12-19(15)26-4/h5-12H,13-14H2,1-4H3,(H,23,24)/b10-6+. The van der Waals surface area contributed by atoms with Crippen LogP contribution in [0.25, 0.3) is 6.08 Å². The van der Waals surface area contributed by atoms with Gasteiger partial charge in [0, 0.05) is 29.7 Å². The van der Waals surface area contributed by atoms with Gasteiger partial charge < -0.3 is 24.3 Å². The Morgan fingerprint density at radius 1 is 1.11 bits per heavy atom. The average Bonchev–Trinajstić information content (AvgIpc) is 3.18. The molecule has 0 saturated heterocycles. The molecule has 1 heterocycles. The molecule has 1 aliphatic rings. The van der Waals surface area contributed by atoms with E-state index in [4.69, 9.17) is 18.9 Å². The van der Waals surface area contributed by atoms with E-state index in [1.165, 1.54) is 6.08 Å². The van der Waals surface area contributed by atoms with E-state index in [2.05, 4.69) is 19.2 Å². The van der Waals surface area contributed by atoms with Crippen molar-refractivity contribution in [2.45, 2.75) is 19.3 Å². The van der Waals surface area contributed by atoms with E-state index in [0.29, 0.717) is 18.0 Å². The van der Waals surface area contributed by atoms with Crippen LogP contribution in [0.3, 0.4) is 0 Å². The zero-order valence-corrected chi connectivity index (χ0v) is 16.6. The number of amides is 1. The predicted octanol–water partition coefficient (Wildman–Crippen LogP) is 3.54. The molecule has 2 aromatic rings. The van der Waals surface area contributed by atoms with Crippen molar-refractivity contribution in [3.63, 3.8) is 0 Å². The molecule has 148 valence electrons. The highest BCUT2D eigenvalue weighted by Crippen LogP contribution is 2.36. The Bertz CT molecular complexity index is 888. The minimum Gasteiger partial charge on any atom is -0.497 e. The maximum atomic E-state index is 12.3. The van der Waals surface area contributed by atoms with Crippen LogP contribution in [0.1, 0.15) is 25.0 Å². The van der Waals surface area contributed by atoms with Gasteiger partial charge in [-0.05, 0) is 35.9 Å². The number of carbonyl (C=O) groups is 1. The summed E-state index contributed by atoms with van der Waals surface area (Å²) in [6.07, 6.45) is 3.22. The van der Waals surface area contributed by atoms with Gasteiger partial charge >= 0.3 is 0 Å². The van der Waals surface area contributed by atoms with Gasteiger partial charge in [0.15, 0.2) is 11.5 Å². The molecular weight excluding hydrogens is 358 g/mol. The first-order valence-electron chi connectivity index (χ1n) is 9.01.